The number of benzene rings is 2. The number of nitrogens with zero attached hydrogens (tertiary/aromatic N) is 4. The third-order valence-electron chi connectivity index (χ3n) is 5.58. The Morgan fingerprint density at radius 1 is 1.09 bits per heavy atom. The van der Waals surface area contributed by atoms with Crippen LogP contribution in [0.5, 0.6) is 0 Å². The van der Waals surface area contributed by atoms with Crippen molar-refractivity contribution >= 4 is 45.9 Å². The fourth-order valence-electron chi connectivity index (χ4n) is 3.82. The van der Waals surface area contributed by atoms with E-state index >= 15 is 0 Å². The van der Waals surface area contributed by atoms with Gasteiger partial charge < -0.3 is 15.1 Å². The van der Waals surface area contributed by atoms with Crippen LogP contribution in [-0.2, 0) is 4.79 Å². The average Bonchev–Trinajstić information content (AvgIpc) is 2.83. The molecule has 1 amide bonds. The van der Waals surface area contributed by atoms with Crippen molar-refractivity contribution in [1.29, 1.82) is 0 Å². The number of hydrogen-bond donors (Lipinski definition) is 1. The molecule has 0 bridgehead atoms. The summed E-state index contributed by atoms with van der Waals surface area (Å²) < 4.78 is 14.5. The maximum absolute atomic E-state index is 14.5. The number of halogens is 1. The van der Waals surface area contributed by atoms with Crippen LogP contribution in [0.1, 0.15) is 24.2 Å². The summed E-state index contributed by atoms with van der Waals surface area (Å²) in [5.41, 5.74) is 1.65. The lowest BCUT2D eigenvalue weighted by Gasteiger charge is -2.36. The standard InChI is InChI=1S/C24H26FN5O2S/c1-3-26-23-18-6-4-5-7-20(18)27-24(28-23)33-15-22(32)30-12-10-29(11-13-30)21-9-8-17(16(2)31)14-19(21)25/h4-9,14H,3,10-13,15H2,1-2H3,(H,26,27,28). The fraction of sp³-hybridized carbons (Fsp3) is 0.333. The molecule has 2 heterocycles. The fourth-order valence-corrected chi connectivity index (χ4v) is 4.57. The largest absolute Gasteiger partial charge is 0.370 e. The summed E-state index contributed by atoms with van der Waals surface area (Å²) in [6, 6.07) is 12.3. The molecule has 0 aliphatic carbocycles. The highest BCUT2D eigenvalue weighted by atomic mass is 32.2. The zero-order valence-electron chi connectivity index (χ0n) is 18.7. The number of carbonyl (C=O) groups is 2. The summed E-state index contributed by atoms with van der Waals surface area (Å²) in [5.74, 6) is 0.439. The van der Waals surface area contributed by atoms with E-state index in [1.807, 2.05) is 36.1 Å². The second-order valence-corrected chi connectivity index (χ2v) is 8.72. The number of aromatic nitrogens is 2. The van der Waals surface area contributed by atoms with E-state index in [-0.39, 0.29) is 17.4 Å². The molecule has 0 unspecified atom stereocenters. The van der Waals surface area contributed by atoms with Crippen molar-refractivity contribution in [2.45, 2.75) is 19.0 Å². The van der Waals surface area contributed by atoms with Crippen LogP contribution in [0.2, 0.25) is 0 Å². The monoisotopic (exact) mass is 467 g/mol. The number of anilines is 2. The first-order chi connectivity index (χ1) is 16.0. The minimum absolute atomic E-state index is 0.00816. The number of thioether (sulfide) groups is 1. The highest BCUT2D eigenvalue weighted by Crippen LogP contribution is 2.25. The minimum Gasteiger partial charge on any atom is -0.370 e. The van der Waals surface area contributed by atoms with Crippen molar-refractivity contribution in [3.8, 4) is 0 Å². The zero-order chi connectivity index (χ0) is 23.4. The van der Waals surface area contributed by atoms with Gasteiger partial charge in [-0.1, -0.05) is 23.9 Å². The number of Topliss-reactive ketones (excluding diaryl/α,β-unsaturated/α-hetero) is 1. The number of rotatable bonds is 7. The second-order valence-electron chi connectivity index (χ2n) is 7.78. The molecule has 1 aromatic heterocycles. The van der Waals surface area contributed by atoms with Gasteiger partial charge in [-0.2, -0.15) is 0 Å². The molecule has 1 aliphatic heterocycles. The first-order valence-corrected chi connectivity index (χ1v) is 11.9. The number of nitrogens with one attached hydrogen (secondary N) is 1. The summed E-state index contributed by atoms with van der Waals surface area (Å²) in [6.07, 6.45) is 0. The van der Waals surface area contributed by atoms with Crippen LogP contribution in [-0.4, -0.2) is 65.0 Å². The normalized spacial score (nSPS) is 13.9. The van der Waals surface area contributed by atoms with Gasteiger partial charge in [-0.05, 0) is 44.2 Å². The first kappa shape index (κ1) is 23.0. The topological polar surface area (TPSA) is 78.4 Å². The Labute approximate surface area is 196 Å². The Kier molecular flexibility index (Phi) is 7.08. The highest BCUT2D eigenvalue weighted by Gasteiger charge is 2.23. The molecule has 1 N–H and O–H groups in total. The quantitative estimate of drug-likeness (QED) is 0.321. The van der Waals surface area contributed by atoms with Gasteiger partial charge in [0.1, 0.15) is 11.6 Å². The van der Waals surface area contributed by atoms with Gasteiger partial charge in [-0.25, -0.2) is 14.4 Å². The van der Waals surface area contributed by atoms with Crippen LogP contribution >= 0.6 is 11.8 Å². The van der Waals surface area contributed by atoms with Crippen molar-refractivity contribution in [3.05, 3.63) is 53.8 Å². The highest BCUT2D eigenvalue weighted by molar-refractivity contribution is 7.99. The third-order valence-corrected chi connectivity index (χ3v) is 6.41. The van der Waals surface area contributed by atoms with E-state index in [9.17, 15) is 14.0 Å². The number of hydrogen-bond acceptors (Lipinski definition) is 7. The Morgan fingerprint density at radius 3 is 2.55 bits per heavy atom. The molecule has 9 heteroatoms. The maximum Gasteiger partial charge on any atom is 0.233 e. The van der Waals surface area contributed by atoms with Crippen molar-refractivity contribution in [1.82, 2.24) is 14.9 Å². The molecule has 0 radical (unpaired) electrons. The molecule has 33 heavy (non-hydrogen) atoms. The molecule has 3 aromatic rings. The van der Waals surface area contributed by atoms with Crippen LogP contribution < -0.4 is 10.2 Å². The van der Waals surface area contributed by atoms with Crippen LogP contribution in [0, 0.1) is 5.82 Å². The molecule has 7 nitrogen and oxygen atoms in total. The van der Waals surface area contributed by atoms with E-state index in [1.165, 1.54) is 24.8 Å². The number of amides is 1. The summed E-state index contributed by atoms with van der Waals surface area (Å²) in [6.45, 7) is 6.25. The summed E-state index contributed by atoms with van der Waals surface area (Å²) in [4.78, 5) is 37.1. The van der Waals surface area contributed by atoms with E-state index in [0.717, 1.165) is 23.3 Å². The van der Waals surface area contributed by atoms with E-state index in [4.69, 9.17) is 0 Å². The number of para-hydroxylation sites is 1. The number of fused-ring (bicyclic) bond motifs is 1. The first-order valence-electron chi connectivity index (χ1n) is 10.9. The summed E-state index contributed by atoms with van der Waals surface area (Å²) >= 11 is 1.32. The van der Waals surface area contributed by atoms with E-state index in [2.05, 4.69) is 15.3 Å². The smallest absolute Gasteiger partial charge is 0.233 e. The Bertz CT molecular complexity index is 1180. The Hall–Kier alpha value is -3.20. The molecular formula is C24H26FN5O2S. The van der Waals surface area contributed by atoms with E-state index in [0.29, 0.717) is 42.6 Å². The van der Waals surface area contributed by atoms with Gasteiger partial charge in [0.25, 0.3) is 0 Å². The SMILES string of the molecule is CCNc1nc(SCC(=O)N2CCN(c3ccc(C(C)=O)cc3F)CC2)nc2ccccc12. The van der Waals surface area contributed by atoms with E-state index in [1.54, 1.807) is 17.0 Å². The van der Waals surface area contributed by atoms with Gasteiger partial charge in [0.2, 0.25) is 5.91 Å². The van der Waals surface area contributed by atoms with Gasteiger partial charge in [0.05, 0.1) is 17.0 Å². The summed E-state index contributed by atoms with van der Waals surface area (Å²) in [7, 11) is 0. The number of ketones is 1. The van der Waals surface area contributed by atoms with Crippen LogP contribution in [0.15, 0.2) is 47.6 Å². The van der Waals surface area contributed by atoms with Crippen molar-refractivity contribution < 1.29 is 14.0 Å². The van der Waals surface area contributed by atoms with Gasteiger partial charge in [-0.15, -0.1) is 0 Å². The molecule has 172 valence electrons. The molecule has 0 saturated carbocycles. The van der Waals surface area contributed by atoms with Crippen LogP contribution in [0.3, 0.4) is 0 Å². The molecule has 2 aromatic carbocycles. The zero-order valence-corrected chi connectivity index (χ0v) is 19.5. The van der Waals surface area contributed by atoms with Gasteiger partial charge in [0.15, 0.2) is 10.9 Å². The lowest BCUT2D eigenvalue weighted by atomic mass is 10.1. The molecule has 1 saturated heterocycles. The van der Waals surface area contributed by atoms with Crippen molar-refractivity contribution in [3.63, 3.8) is 0 Å². The predicted octanol–water partition coefficient (Wildman–Crippen LogP) is 3.84. The second kappa shape index (κ2) is 10.2. The molecule has 1 aliphatic rings. The molecule has 4 rings (SSSR count). The maximum atomic E-state index is 14.5. The van der Waals surface area contributed by atoms with Gasteiger partial charge >= 0.3 is 0 Å². The Morgan fingerprint density at radius 2 is 1.85 bits per heavy atom. The third kappa shape index (κ3) is 5.24. The number of piperazine rings is 1. The summed E-state index contributed by atoms with van der Waals surface area (Å²) in [5, 5.41) is 4.77. The van der Waals surface area contributed by atoms with Crippen molar-refractivity contribution in [2.75, 3.05) is 48.7 Å². The van der Waals surface area contributed by atoms with Crippen molar-refractivity contribution in [2.24, 2.45) is 0 Å². The van der Waals surface area contributed by atoms with Crippen LogP contribution in [0.25, 0.3) is 10.9 Å². The number of carbonyl (C=O) groups excluding carboxylic acids is 2. The molecule has 0 atom stereocenters. The lowest BCUT2D eigenvalue weighted by molar-refractivity contribution is -0.128. The van der Waals surface area contributed by atoms with E-state index < -0.39 is 5.82 Å². The van der Waals surface area contributed by atoms with Gasteiger partial charge in [0, 0.05) is 43.7 Å². The predicted molar refractivity (Wildman–Crippen MR) is 130 cm³/mol. The average molecular weight is 468 g/mol. The Balaban J connectivity index is 1.36. The van der Waals surface area contributed by atoms with Crippen LogP contribution in [0.4, 0.5) is 15.9 Å². The minimum atomic E-state index is -0.414. The molecule has 1 fully saturated rings. The lowest BCUT2D eigenvalue weighted by Crippen LogP contribution is -2.49. The molecular weight excluding hydrogens is 441 g/mol. The molecule has 0 spiro atoms. The van der Waals surface area contributed by atoms with Gasteiger partial charge in [-0.3, -0.25) is 9.59 Å².